The Bertz CT molecular complexity index is 490. The SMILES string of the molecule is C=CC[C@@H](N)c1ccc(Oc2ccccc2)cc1. The van der Waals surface area contributed by atoms with Gasteiger partial charge in [0.05, 0.1) is 0 Å². The number of nitrogens with two attached hydrogens (primary N) is 1. The summed E-state index contributed by atoms with van der Waals surface area (Å²) >= 11 is 0. The van der Waals surface area contributed by atoms with Crippen LogP contribution < -0.4 is 10.5 Å². The van der Waals surface area contributed by atoms with Crippen LogP contribution in [-0.2, 0) is 0 Å². The highest BCUT2D eigenvalue weighted by atomic mass is 16.5. The Morgan fingerprint density at radius 3 is 2.22 bits per heavy atom. The van der Waals surface area contributed by atoms with Crippen molar-refractivity contribution in [3.05, 3.63) is 72.8 Å². The molecule has 0 heterocycles. The molecule has 0 saturated heterocycles. The maximum absolute atomic E-state index is 6.00. The van der Waals surface area contributed by atoms with Gasteiger partial charge in [-0.1, -0.05) is 36.4 Å². The van der Waals surface area contributed by atoms with Crippen molar-refractivity contribution in [2.75, 3.05) is 0 Å². The zero-order valence-electron chi connectivity index (χ0n) is 10.3. The van der Waals surface area contributed by atoms with Gasteiger partial charge in [-0.2, -0.15) is 0 Å². The van der Waals surface area contributed by atoms with E-state index in [4.69, 9.17) is 10.5 Å². The molecule has 92 valence electrons. The molecule has 1 atom stereocenters. The number of hydrogen-bond donors (Lipinski definition) is 1. The van der Waals surface area contributed by atoms with Gasteiger partial charge in [0, 0.05) is 6.04 Å². The number of para-hydroxylation sites is 1. The minimum absolute atomic E-state index is 0.00766. The molecular formula is C16H17NO. The summed E-state index contributed by atoms with van der Waals surface area (Å²) in [6.07, 6.45) is 2.61. The first-order valence-corrected chi connectivity index (χ1v) is 5.99. The first-order valence-electron chi connectivity index (χ1n) is 5.99. The highest BCUT2D eigenvalue weighted by Gasteiger charge is 2.04. The van der Waals surface area contributed by atoms with Gasteiger partial charge in [0.25, 0.3) is 0 Å². The summed E-state index contributed by atoms with van der Waals surface area (Å²) in [5.74, 6) is 1.65. The van der Waals surface area contributed by atoms with Crippen LogP contribution in [0.4, 0.5) is 0 Å². The molecule has 0 aliphatic carbocycles. The number of ether oxygens (including phenoxy) is 1. The van der Waals surface area contributed by atoms with Crippen molar-refractivity contribution in [2.24, 2.45) is 5.73 Å². The summed E-state index contributed by atoms with van der Waals surface area (Å²) in [7, 11) is 0. The quantitative estimate of drug-likeness (QED) is 0.799. The lowest BCUT2D eigenvalue weighted by molar-refractivity contribution is 0.482. The molecule has 2 aromatic carbocycles. The molecule has 0 radical (unpaired) electrons. The van der Waals surface area contributed by atoms with Gasteiger partial charge in [0.15, 0.2) is 0 Å². The van der Waals surface area contributed by atoms with Crippen molar-refractivity contribution >= 4 is 0 Å². The van der Waals surface area contributed by atoms with E-state index in [-0.39, 0.29) is 6.04 Å². The molecule has 0 aliphatic rings. The van der Waals surface area contributed by atoms with Crippen LogP contribution in [-0.4, -0.2) is 0 Å². The molecule has 2 N–H and O–H groups in total. The molecule has 0 saturated carbocycles. The van der Waals surface area contributed by atoms with E-state index >= 15 is 0 Å². The van der Waals surface area contributed by atoms with E-state index < -0.39 is 0 Å². The Morgan fingerprint density at radius 2 is 1.61 bits per heavy atom. The molecule has 18 heavy (non-hydrogen) atoms. The van der Waals surface area contributed by atoms with Crippen molar-refractivity contribution in [3.63, 3.8) is 0 Å². The number of hydrogen-bond acceptors (Lipinski definition) is 2. The first kappa shape index (κ1) is 12.4. The molecule has 0 fully saturated rings. The Kier molecular flexibility index (Phi) is 4.15. The standard InChI is InChI=1S/C16H17NO/c1-2-6-16(17)13-9-11-15(12-10-13)18-14-7-4-3-5-8-14/h2-5,7-12,16H,1,6,17H2/t16-/m1/s1. The predicted molar refractivity (Wildman–Crippen MR) is 74.7 cm³/mol. The van der Waals surface area contributed by atoms with Crippen LogP contribution in [0.1, 0.15) is 18.0 Å². The summed E-state index contributed by atoms with van der Waals surface area (Å²) in [6.45, 7) is 3.69. The van der Waals surface area contributed by atoms with E-state index in [1.165, 1.54) is 0 Å². The van der Waals surface area contributed by atoms with Gasteiger partial charge in [0.1, 0.15) is 11.5 Å². The van der Waals surface area contributed by atoms with E-state index in [0.29, 0.717) is 0 Å². The Labute approximate surface area is 108 Å². The monoisotopic (exact) mass is 239 g/mol. The van der Waals surface area contributed by atoms with E-state index in [1.54, 1.807) is 0 Å². The normalized spacial score (nSPS) is 11.8. The summed E-state index contributed by atoms with van der Waals surface area (Å²) in [5, 5.41) is 0. The molecule has 0 amide bonds. The smallest absolute Gasteiger partial charge is 0.127 e. The fraction of sp³-hybridized carbons (Fsp3) is 0.125. The van der Waals surface area contributed by atoms with Crippen LogP contribution in [0.5, 0.6) is 11.5 Å². The zero-order valence-corrected chi connectivity index (χ0v) is 10.3. The molecule has 0 aromatic heterocycles. The van der Waals surface area contributed by atoms with Crippen LogP contribution in [0.25, 0.3) is 0 Å². The van der Waals surface area contributed by atoms with Crippen LogP contribution in [0, 0.1) is 0 Å². The maximum Gasteiger partial charge on any atom is 0.127 e. The largest absolute Gasteiger partial charge is 0.457 e. The second-order valence-corrected chi connectivity index (χ2v) is 4.12. The van der Waals surface area contributed by atoms with Crippen molar-refractivity contribution in [1.29, 1.82) is 0 Å². The highest BCUT2D eigenvalue weighted by molar-refractivity contribution is 5.33. The lowest BCUT2D eigenvalue weighted by Gasteiger charge is -2.10. The second kappa shape index (κ2) is 6.03. The Hall–Kier alpha value is -2.06. The molecule has 0 unspecified atom stereocenters. The van der Waals surface area contributed by atoms with Gasteiger partial charge in [-0.05, 0) is 36.2 Å². The molecule has 2 heteroatoms. The first-order chi connectivity index (χ1) is 8.79. The average molecular weight is 239 g/mol. The fourth-order valence-corrected chi connectivity index (χ4v) is 1.72. The minimum Gasteiger partial charge on any atom is -0.457 e. The summed E-state index contributed by atoms with van der Waals surface area (Å²) in [6, 6.07) is 17.6. The third-order valence-electron chi connectivity index (χ3n) is 2.71. The van der Waals surface area contributed by atoms with Crippen LogP contribution in [0.3, 0.4) is 0 Å². The Morgan fingerprint density at radius 1 is 1.00 bits per heavy atom. The third kappa shape index (κ3) is 3.22. The third-order valence-corrected chi connectivity index (χ3v) is 2.71. The summed E-state index contributed by atoms with van der Waals surface area (Å²) in [5.41, 5.74) is 7.09. The van der Waals surface area contributed by atoms with Crippen molar-refractivity contribution in [3.8, 4) is 11.5 Å². The van der Waals surface area contributed by atoms with Crippen LogP contribution >= 0.6 is 0 Å². The van der Waals surface area contributed by atoms with Gasteiger partial charge in [-0.3, -0.25) is 0 Å². The fourth-order valence-electron chi connectivity index (χ4n) is 1.72. The lowest BCUT2D eigenvalue weighted by Crippen LogP contribution is -2.08. The van der Waals surface area contributed by atoms with E-state index in [0.717, 1.165) is 23.5 Å². The predicted octanol–water partition coefficient (Wildman–Crippen LogP) is 4.05. The van der Waals surface area contributed by atoms with Crippen molar-refractivity contribution in [1.82, 2.24) is 0 Å². The molecule has 2 rings (SSSR count). The van der Waals surface area contributed by atoms with Crippen molar-refractivity contribution in [2.45, 2.75) is 12.5 Å². The topological polar surface area (TPSA) is 35.2 Å². The van der Waals surface area contributed by atoms with Gasteiger partial charge >= 0.3 is 0 Å². The van der Waals surface area contributed by atoms with Crippen LogP contribution in [0.15, 0.2) is 67.3 Å². The van der Waals surface area contributed by atoms with Gasteiger partial charge in [-0.25, -0.2) is 0 Å². The summed E-state index contributed by atoms with van der Waals surface area (Å²) in [4.78, 5) is 0. The van der Waals surface area contributed by atoms with Crippen LogP contribution in [0.2, 0.25) is 0 Å². The second-order valence-electron chi connectivity index (χ2n) is 4.12. The minimum atomic E-state index is 0.00766. The highest BCUT2D eigenvalue weighted by Crippen LogP contribution is 2.23. The molecule has 0 spiro atoms. The lowest BCUT2D eigenvalue weighted by atomic mass is 10.0. The van der Waals surface area contributed by atoms with Gasteiger partial charge in [-0.15, -0.1) is 6.58 Å². The molecule has 2 aromatic rings. The molecule has 0 aliphatic heterocycles. The van der Waals surface area contributed by atoms with E-state index in [9.17, 15) is 0 Å². The van der Waals surface area contributed by atoms with E-state index in [1.807, 2.05) is 60.7 Å². The maximum atomic E-state index is 6.00. The van der Waals surface area contributed by atoms with Gasteiger partial charge in [0.2, 0.25) is 0 Å². The number of benzene rings is 2. The average Bonchev–Trinajstić information content (AvgIpc) is 2.41. The number of rotatable bonds is 5. The molecule has 0 bridgehead atoms. The zero-order chi connectivity index (χ0) is 12.8. The summed E-state index contributed by atoms with van der Waals surface area (Å²) < 4.78 is 5.71. The Balaban J connectivity index is 2.06. The van der Waals surface area contributed by atoms with Gasteiger partial charge < -0.3 is 10.5 Å². The van der Waals surface area contributed by atoms with Crippen molar-refractivity contribution < 1.29 is 4.74 Å². The molecule has 2 nitrogen and oxygen atoms in total. The molecular weight excluding hydrogens is 222 g/mol. The van der Waals surface area contributed by atoms with E-state index in [2.05, 4.69) is 6.58 Å².